The largest absolute Gasteiger partial charge is 0.394 e. The van der Waals surface area contributed by atoms with Crippen molar-refractivity contribution in [2.75, 3.05) is 13.2 Å². The summed E-state index contributed by atoms with van der Waals surface area (Å²) in [6, 6.07) is 7.83. The van der Waals surface area contributed by atoms with Crippen LogP contribution in [0.2, 0.25) is 0 Å². The molecule has 1 aromatic heterocycles. The second kappa shape index (κ2) is 5.81. The van der Waals surface area contributed by atoms with Crippen LogP contribution in [-0.2, 0) is 19.4 Å². The molecule has 5 nitrogen and oxygen atoms in total. The topological polar surface area (TPSA) is 58.4 Å². The van der Waals surface area contributed by atoms with Crippen molar-refractivity contribution in [2.24, 2.45) is 0 Å². The van der Waals surface area contributed by atoms with E-state index in [-0.39, 0.29) is 18.6 Å². The van der Waals surface area contributed by atoms with E-state index in [2.05, 4.69) is 11.2 Å². The molecule has 1 unspecified atom stereocenters. The Hall–Kier alpha value is -2.14. The summed E-state index contributed by atoms with van der Waals surface area (Å²) in [6.45, 7) is 1.49. The lowest BCUT2D eigenvalue weighted by Gasteiger charge is -2.36. The highest BCUT2D eigenvalue weighted by Gasteiger charge is 2.33. The number of fused-ring (bicyclic) bond motifs is 2. The molecule has 120 valence electrons. The van der Waals surface area contributed by atoms with Gasteiger partial charge in [-0.15, -0.1) is 0 Å². The van der Waals surface area contributed by atoms with E-state index in [0.29, 0.717) is 12.1 Å². The summed E-state index contributed by atoms with van der Waals surface area (Å²) in [5, 5.41) is 14.3. The zero-order chi connectivity index (χ0) is 15.8. The van der Waals surface area contributed by atoms with Gasteiger partial charge in [-0.2, -0.15) is 5.10 Å². The summed E-state index contributed by atoms with van der Waals surface area (Å²) in [5.74, 6) is 0.00158. The molecule has 0 bridgehead atoms. The minimum absolute atomic E-state index is 0.00158. The highest BCUT2D eigenvalue weighted by Crippen LogP contribution is 2.31. The summed E-state index contributed by atoms with van der Waals surface area (Å²) < 4.78 is 1.96. The average Bonchev–Trinajstić information content (AvgIpc) is 3.04. The Morgan fingerprint density at radius 2 is 2.09 bits per heavy atom. The van der Waals surface area contributed by atoms with E-state index in [4.69, 9.17) is 0 Å². The average molecular weight is 311 g/mol. The summed E-state index contributed by atoms with van der Waals surface area (Å²) in [7, 11) is 0. The minimum atomic E-state index is -0.258. The maximum atomic E-state index is 13.1. The number of aliphatic hydroxyl groups is 1. The van der Waals surface area contributed by atoms with Crippen molar-refractivity contribution in [3.63, 3.8) is 0 Å². The van der Waals surface area contributed by atoms with Crippen LogP contribution in [0.25, 0.3) is 0 Å². The first-order valence-electron chi connectivity index (χ1n) is 8.34. The number of rotatable bonds is 2. The molecule has 23 heavy (non-hydrogen) atoms. The van der Waals surface area contributed by atoms with Crippen molar-refractivity contribution in [1.29, 1.82) is 0 Å². The number of nitrogens with zero attached hydrogens (tertiary/aromatic N) is 3. The SMILES string of the molecule is O=C(c1cnn2c1CCCC2)N1CCc2ccccc2C1CO. The van der Waals surface area contributed by atoms with E-state index in [0.717, 1.165) is 43.5 Å². The van der Waals surface area contributed by atoms with Gasteiger partial charge >= 0.3 is 0 Å². The maximum absolute atomic E-state index is 13.1. The van der Waals surface area contributed by atoms with Gasteiger partial charge in [-0.1, -0.05) is 24.3 Å². The van der Waals surface area contributed by atoms with Crippen LogP contribution < -0.4 is 0 Å². The quantitative estimate of drug-likeness (QED) is 0.922. The van der Waals surface area contributed by atoms with Gasteiger partial charge in [-0.05, 0) is 36.8 Å². The molecule has 0 radical (unpaired) electrons. The van der Waals surface area contributed by atoms with Crippen LogP contribution in [0.5, 0.6) is 0 Å². The molecule has 5 heteroatoms. The van der Waals surface area contributed by atoms with E-state index in [9.17, 15) is 9.90 Å². The lowest BCUT2D eigenvalue weighted by Crippen LogP contribution is -2.42. The Balaban J connectivity index is 1.68. The van der Waals surface area contributed by atoms with Gasteiger partial charge in [-0.3, -0.25) is 9.48 Å². The molecule has 2 aliphatic heterocycles. The smallest absolute Gasteiger partial charge is 0.257 e. The van der Waals surface area contributed by atoms with Crippen LogP contribution in [0.15, 0.2) is 30.5 Å². The normalized spacial score (nSPS) is 20.0. The van der Waals surface area contributed by atoms with Gasteiger partial charge in [0.1, 0.15) is 0 Å². The Morgan fingerprint density at radius 1 is 1.22 bits per heavy atom. The fourth-order valence-corrected chi connectivity index (χ4v) is 3.85. The third-order valence-corrected chi connectivity index (χ3v) is 5.06. The molecule has 0 saturated heterocycles. The predicted molar refractivity (Wildman–Crippen MR) is 86.2 cm³/mol. The number of aromatic nitrogens is 2. The van der Waals surface area contributed by atoms with Gasteiger partial charge in [0.05, 0.1) is 30.1 Å². The molecule has 0 fully saturated rings. The Bertz CT molecular complexity index is 738. The number of hydrogen-bond donors (Lipinski definition) is 1. The minimum Gasteiger partial charge on any atom is -0.394 e. The van der Waals surface area contributed by atoms with Gasteiger partial charge in [0.25, 0.3) is 5.91 Å². The second-order valence-corrected chi connectivity index (χ2v) is 6.33. The molecule has 0 spiro atoms. The van der Waals surface area contributed by atoms with Gasteiger partial charge < -0.3 is 10.0 Å². The monoisotopic (exact) mass is 311 g/mol. The lowest BCUT2D eigenvalue weighted by molar-refractivity contribution is 0.0567. The van der Waals surface area contributed by atoms with E-state index in [1.54, 1.807) is 6.20 Å². The fourth-order valence-electron chi connectivity index (χ4n) is 3.85. The summed E-state index contributed by atoms with van der Waals surface area (Å²) >= 11 is 0. The van der Waals surface area contributed by atoms with Gasteiger partial charge in [0, 0.05) is 13.1 Å². The number of aliphatic hydroxyl groups excluding tert-OH is 1. The summed E-state index contributed by atoms with van der Waals surface area (Å²) in [5.41, 5.74) is 4.06. The van der Waals surface area contributed by atoms with Crippen LogP contribution in [0.4, 0.5) is 0 Å². The Morgan fingerprint density at radius 3 is 2.96 bits per heavy atom. The van der Waals surface area contributed by atoms with Crippen molar-refractivity contribution in [3.8, 4) is 0 Å². The maximum Gasteiger partial charge on any atom is 0.257 e. The zero-order valence-corrected chi connectivity index (χ0v) is 13.1. The fraction of sp³-hybridized carbons (Fsp3) is 0.444. The number of carbonyl (C=O) groups excluding carboxylic acids is 1. The highest BCUT2D eigenvalue weighted by atomic mass is 16.3. The Kier molecular flexibility index (Phi) is 3.65. The first kappa shape index (κ1) is 14.5. The molecule has 1 amide bonds. The zero-order valence-electron chi connectivity index (χ0n) is 13.1. The van der Waals surface area contributed by atoms with Crippen molar-refractivity contribution < 1.29 is 9.90 Å². The molecular formula is C18H21N3O2. The van der Waals surface area contributed by atoms with Crippen LogP contribution >= 0.6 is 0 Å². The van der Waals surface area contributed by atoms with Crippen LogP contribution in [0.3, 0.4) is 0 Å². The molecule has 2 aromatic rings. The molecule has 3 heterocycles. The predicted octanol–water partition coefficient (Wildman–Crippen LogP) is 1.95. The third kappa shape index (κ3) is 2.36. The molecule has 2 aliphatic rings. The molecule has 1 N–H and O–H groups in total. The van der Waals surface area contributed by atoms with Gasteiger partial charge in [0.2, 0.25) is 0 Å². The van der Waals surface area contributed by atoms with Crippen molar-refractivity contribution in [3.05, 3.63) is 52.8 Å². The molecule has 1 atom stereocenters. The standard InChI is InChI=1S/C18H21N3O2/c22-12-17-14-6-2-1-5-13(14)8-10-20(17)18(23)15-11-19-21-9-4-3-7-16(15)21/h1-2,5-6,11,17,22H,3-4,7-10,12H2. The molecular weight excluding hydrogens is 290 g/mol. The van der Waals surface area contributed by atoms with Gasteiger partial charge in [-0.25, -0.2) is 0 Å². The molecule has 4 rings (SSSR count). The van der Waals surface area contributed by atoms with Crippen molar-refractivity contribution >= 4 is 5.91 Å². The summed E-state index contributed by atoms with van der Waals surface area (Å²) in [6.07, 6.45) is 5.69. The van der Waals surface area contributed by atoms with E-state index < -0.39 is 0 Å². The Labute approximate surface area is 135 Å². The van der Waals surface area contributed by atoms with Crippen LogP contribution in [0, 0.1) is 0 Å². The molecule has 0 saturated carbocycles. The summed E-state index contributed by atoms with van der Waals surface area (Å²) in [4.78, 5) is 14.9. The first-order chi connectivity index (χ1) is 11.3. The van der Waals surface area contributed by atoms with Crippen LogP contribution in [0.1, 0.15) is 46.1 Å². The highest BCUT2D eigenvalue weighted by molar-refractivity contribution is 5.95. The number of aryl methyl sites for hydroxylation is 1. The number of benzene rings is 1. The van der Waals surface area contributed by atoms with E-state index in [1.165, 1.54) is 5.56 Å². The van der Waals surface area contributed by atoms with Crippen LogP contribution in [-0.4, -0.2) is 38.8 Å². The number of amides is 1. The van der Waals surface area contributed by atoms with Gasteiger partial charge in [0.15, 0.2) is 0 Å². The number of carbonyl (C=O) groups is 1. The first-order valence-corrected chi connectivity index (χ1v) is 8.34. The number of hydrogen-bond acceptors (Lipinski definition) is 3. The molecule has 1 aromatic carbocycles. The third-order valence-electron chi connectivity index (χ3n) is 5.06. The van der Waals surface area contributed by atoms with Crippen molar-refractivity contribution in [1.82, 2.24) is 14.7 Å². The second-order valence-electron chi connectivity index (χ2n) is 6.33. The van der Waals surface area contributed by atoms with E-state index >= 15 is 0 Å². The molecule has 0 aliphatic carbocycles. The van der Waals surface area contributed by atoms with Crippen molar-refractivity contribution in [2.45, 2.75) is 38.3 Å². The van der Waals surface area contributed by atoms with E-state index in [1.807, 2.05) is 27.8 Å². The lowest BCUT2D eigenvalue weighted by atomic mass is 9.92.